The topological polar surface area (TPSA) is 64.0 Å². The lowest BCUT2D eigenvalue weighted by atomic mass is 10.1. The quantitative estimate of drug-likeness (QED) is 0.465. The normalized spacial score (nSPS) is 11.0. The third kappa shape index (κ3) is 3.57. The second-order valence-corrected chi connectivity index (χ2v) is 7.33. The number of hydrogen-bond donors (Lipinski definition) is 1. The number of hydrogen-bond acceptors (Lipinski definition) is 3. The molecule has 0 atom stereocenters. The number of carbonyl (C=O) groups is 1. The fraction of sp³-hybridized carbons (Fsp3) is 0.0385. The van der Waals surface area contributed by atoms with E-state index in [0.717, 1.165) is 21.7 Å². The van der Waals surface area contributed by atoms with E-state index in [1.807, 2.05) is 78.9 Å². The summed E-state index contributed by atoms with van der Waals surface area (Å²) in [6, 6.07) is 28.5. The van der Waals surface area contributed by atoms with Gasteiger partial charge in [0, 0.05) is 22.7 Å². The summed E-state index contributed by atoms with van der Waals surface area (Å²) >= 11 is 0. The minimum atomic E-state index is -0.436. The highest BCUT2D eigenvalue weighted by atomic mass is 16.2. The van der Waals surface area contributed by atoms with Gasteiger partial charge in [-0.3, -0.25) is 14.2 Å². The Morgan fingerprint density at radius 3 is 2.45 bits per heavy atom. The molecule has 1 N–H and O–H groups in total. The van der Waals surface area contributed by atoms with Gasteiger partial charge in [0.25, 0.3) is 11.5 Å². The molecule has 150 valence electrons. The van der Waals surface area contributed by atoms with Crippen LogP contribution in [0.2, 0.25) is 0 Å². The van der Waals surface area contributed by atoms with E-state index in [-0.39, 0.29) is 11.1 Å². The molecule has 0 aliphatic heterocycles. The summed E-state index contributed by atoms with van der Waals surface area (Å²) in [5.74, 6) is -0.436. The summed E-state index contributed by atoms with van der Waals surface area (Å²) < 4.78 is 1.56. The second kappa shape index (κ2) is 7.88. The maximum absolute atomic E-state index is 13.3. The summed E-state index contributed by atoms with van der Waals surface area (Å²) in [5.41, 5.74) is 1.90. The SMILES string of the molecule is O=C(Nc1cccc2ccccc12)c1cc2cccnc2n(Cc2ccccc2)c1=O. The molecular weight excluding hydrogens is 386 g/mol. The van der Waals surface area contributed by atoms with Crippen molar-refractivity contribution in [2.45, 2.75) is 6.54 Å². The summed E-state index contributed by atoms with van der Waals surface area (Å²) in [4.78, 5) is 30.9. The molecule has 0 aliphatic rings. The lowest BCUT2D eigenvalue weighted by Crippen LogP contribution is -2.30. The maximum atomic E-state index is 13.3. The van der Waals surface area contributed by atoms with Crippen LogP contribution < -0.4 is 10.9 Å². The maximum Gasteiger partial charge on any atom is 0.265 e. The number of fused-ring (bicyclic) bond motifs is 2. The number of aromatic nitrogens is 2. The first-order chi connectivity index (χ1) is 15.2. The first-order valence-corrected chi connectivity index (χ1v) is 10.0. The standard InChI is InChI=1S/C26H19N3O2/c30-25(28-23-14-6-11-19-10-4-5-13-21(19)23)22-16-20-12-7-15-27-24(20)29(26(22)31)17-18-8-2-1-3-9-18/h1-16H,17H2,(H,28,30). The molecule has 0 fully saturated rings. The number of carbonyl (C=O) groups excluding carboxylic acids is 1. The van der Waals surface area contributed by atoms with Crippen molar-refractivity contribution in [2.24, 2.45) is 0 Å². The molecule has 0 saturated carbocycles. The van der Waals surface area contributed by atoms with E-state index in [0.29, 0.717) is 17.9 Å². The van der Waals surface area contributed by atoms with Crippen LogP contribution in [0.1, 0.15) is 15.9 Å². The molecule has 31 heavy (non-hydrogen) atoms. The second-order valence-electron chi connectivity index (χ2n) is 7.33. The average Bonchev–Trinajstić information content (AvgIpc) is 2.81. The Morgan fingerprint density at radius 1 is 0.839 bits per heavy atom. The number of nitrogens with zero attached hydrogens (tertiary/aromatic N) is 2. The highest BCUT2D eigenvalue weighted by Gasteiger charge is 2.17. The fourth-order valence-corrected chi connectivity index (χ4v) is 3.81. The van der Waals surface area contributed by atoms with Gasteiger partial charge in [-0.25, -0.2) is 4.98 Å². The molecule has 0 radical (unpaired) electrons. The molecule has 2 heterocycles. The largest absolute Gasteiger partial charge is 0.321 e. The van der Waals surface area contributed by atoms with Crippen molar-refractivity contribution in [2.75, 3.05) is 5.32 Å². The molecule has 1 amide bonds. The van der Waals surface area contributed by atoms with Crippen LogP contribution in [0.4, 0.5) is 5.69 Å². The van der Waals surface area contributed by atoms with Gasteiger partial charge in [0.2, 0.25) is 0 Å². The molecule has 0 saturated heterocycles. The van der Waals surface area contributed by atoms with Gasteiger partial charge in [0.15, 0.2) is 0 Å². The van der Waals surface area contributed by atoms with Crippen LogP contribution in [0.15, 0.2) is 102 Å². The van der Waals surface area contributed by atoms with E-state index >= 15 is 0 Å². The third-order valence-corrected chi connectivity index (χ3v) is 5.31. The van der Waals surface area contributed by atoms with Crippen LogP contribution in [-0.2, 0) is 6.54 Å². The number of rotatable bonds is 4. The highest BCUT2D eigenvalue weighted by molar-refractivity contribution is 6.09. The Bertz CT molecular complexity index is 1470. The molecule has 3 aromatic carbocycles. The molecule has 0 spiro atoms. The number of anilines is 1. The summed E-state index contributed by atoms with van der Waals surface area (Å²) in [6.07, 6.45) is 1.65. The van der Waals surface area contributed by atoms with Crippen LogP contribution in [0, 0.1) is 0 Å². The molecule has 5 rings (SSSR count). The molecule has 0 unspecified atom stereocenters. The van der Waals surface area contributed by atoms with Gasteiger partial charge in [-0.1, -0.05) is 66.7 Å². The van der Waals surface area contributed by atoms with E-state index in [4.69, 9.17) is 0 Å². The van der Waals surface area contributed by atoms with Gasteiger partial charge < -0.3 is 5.32 Å². The van der Waals surface area contributed by atoms with Crippen LogP contribution >= 0.6 is 0 Å². The lowest BCUT2D eigenvalue weighted by Gasteiger charge is -2.13. The Balaban J connectivity index is 1.60. The predicted octanol–water partition coefficient (Wildman–Crippen LogP) is 4.85. The smallest absolute Gasteiger partial charge is 0.265 e. The number of amides is 1. The van der Waals surface area contributed by atoms with Crippen molar-refractivity contribution in [3.05, 3.63) is 119 Å². The van der Waals surface area contributed by atoms with E-state index < -0.39 is 5.91 Å². The number of nitrogens with one attached hydrogen (secondary N) is 1. The highest BCUT2D eigenvalue weighted by Crippen LogP contribution is 2.23. The van der Waals surface area contributed by atoms with Crippen molar-refractivity contribution < 1.29 is 4.79 Å². The van der Waals surface area contributed by atoms with E-state index in [1.54, 1.807) is 22.9 Å². The Labute approximate surface area is 178 Å². The van der Waals surface area contributed by atoms with Crippen LogP contribution in [0.5, 0.6) is 0 Å². The average molecular weight is 405 g/mol. The predicted molar refractivity (Wildman–Crippen MR) is 123 cm³/mol. The zero-order valence-corrected chi connectivity index (χ0v) is 16.7. The van der Waals surface area contributed by atoms with Crippen LogP contribution in [0.25, 0.3) is 21.8 Å². The zero-order valence-electron chi connectivity index (χ0n) is 16.7. The molecule has 5 heteroatoms. The van der Waals surface area contributed by atoms with Gasteiger partial charge in [-0.05, 0) is 35.2 Å². The van der Waals surface area contributed by atoms with Gasteiger partial charge in [0.05, 0.1) is 6.54 Å². The Kier molecular flexibility index (Phi) is 4.77. The molecule has 5 nitrogen and oxygen atoms in total. The summed E-state index contributed by atoms with van der Waals surface area (Å²) in [5, 5.41) is 5.60. The third-order valence-electron chi connectivity index (χ3n) is 5.31. The Morgan fingerprint density at radius 2 is 1.58 bits per heavy atom. The summed E-state index contributed by atoms with van der Waals surface area (Å²) in [7, 11) is 0. The number of benzene rings is 3. The minimum absolute atomic E-state index is 0.0874. The molecule has 0 bridgehead atoms. The van der Waals surface area contributed by atoms with Crippen molar-refractivity contribution in [1.29, 1.82) is 0 Å². The zero-order chi connectivity index (χ0) is 21.2. The molecule has 2 aromatic heterocycles. The molecule has 0 aliphatic carbocycles. The monoisotopic (exact) mass is 405 g/mol. The van der Waals surface area contributed by atoms with Gasteiger partial charge in [-0.15, -0.1) is 0 Å². The van der Waals surface area contributed by atoms with Crippen molar-refractivity contribution in [3.8, 4) is 0 Å². The molecular formula is C26H19N3O2. The van der Waals surface area contributed by atoms with Crippen LogP contribution in [0.3, 0.4) is 0 Å². The van der Waals surface area contributed by atoms with Gasteiger partial charge in [-0.2, -0.15) is 0 Å². The van der Waals surface area contributed by atoms with Crippen molar-refractivity contribution in [1.82, 2.24) is 9.55 Å². The van der Waals surface area contributed by atoms with Crippen molar-refractivity contribution >= 4 is 33.4 Å². The lowest BCUT2D eigenvalue weighted by molar-refractivity contribution is 0.102. The Hall–Kier alpha value is -4.25. The minimum Gasteiger partial charge on any atom is -0.321 e. The molecule has 5 aromatic rings. The van der Waals surface area contributed by atoms with Gasteiger partial charge in [0.1, 0.15) is 11.2 Å². The first-order valence-electron chi connectivity index (χ1n) is 10.0. The van der Waals surface area contributed by atoms with Crippen molar-refractivity contribution in [3.63, 3.8) is 0 Å². The van der Waals surface area contributed by atoms with E-state index in [9.17, 15) is 9.59 Å². The van der Waals surface area contributed by atoms with E-state index in [1.165, 1.54) is 0 Å². The van der Waals surface area contributed by atoms with Crippen LogP contribution in [-0.4, -0.2) is 15.5 Å². The van der Waals surface area contributed by atoms with Gasteiger partial charge >= 0.3 is 0 Å². The fourth-order valence-electron chi connectivity index (χ4n) is 3.81. The number of pyridine rings is 2. The first kappa shape index (κ1) is 18.8. The van der Waals surface area contributed by atoms with E-state index in [2.05, 4.69) is 10.3 Å². The summed E-state index contributed by atoms with van der Waals surface area (Å²) in [6.45, 7) is 0.336.